The molecule has 3 aromatic heterocycles. The van der Waals surface area contributed by atoms with Crippen LogP contribution in [0.15, 0.2) is 53.6 Å². The summed E-state index contributed by atoms with van der Waals surface area (Å²) < 4.78 is 9.06. The summed E-state index contributed by atoms with van der Waals surface area (Å²) in [5, 5.41) is 13.0. The van der Waals surface area contributed by atoms with E-state index in [-0.39, 0.29) is 37.4 Å². The highest BCUT2D eigenvalue weighted by Crippen LogP contribution is 2.41. The molecule has 0 spiro atoms. The third-order valence-electron chi connectivity index (χ3n) is 7.46. The third-order valence-corrected chi connectivity index (χ3v) is 7.87. The Hall–Kier alpha value is -3.26. The van der Waals surface area contributed by atoms with Crippen LogP contribution in [-0.4, -0.2) is 20.6 Å². The largest absolute Gasteiger partial charge is 1.00 e. The number of hydrogen-bond acceptors (Lipinski definition) is 5. The number of pyridine rings is 3. The lowest BCUT2D eigenvalue weighted by atomic mass is 9.85. The molecule has 0 fully saturated rings. The summed E-state index contributed by atoms with van der Waals surface area (Å²) in [6, 6.07) is 11.7. The molecule has 5 heterocycles. The van der Waals surface area contributed by atoms with Gasteiger partial charge in [0.05, 0.1) is 35.4 Å². The molecule has 0 aliphatic carbocycles. The van der Waals surface area contributed by atoms with Crippen molar-refractivity contribution >= 4 is 28.5 Å². The number of fused-ring (bicyclic) bond motifs is 5. The van der Waals surface area contributed by atoms with E-state index >= 15 is 0 Å². The highest BCUT2D eigenvalue weighted by Gasteiger charge is 2.40. The molecule has 1 unspecified atom stereocenters. The summed E-state index contributed by atoms with van der Waals surface area (Å²) in [6.07, 6.45) is 4.10. The number of cyclic esters (lactones) is 1. The minimum Gasteiger partial charge on any atom is -1.00 e. The molecule has 7 nitrogen and oxygen atoms in total. The number of aryl methyl sites for hydroxylation is 1. The molecule has 1 aromatic carbocycles. The lowest BCUT2D eigenvalue weighted by molar-refractivity contribution is -0.688. The zero-order valence-corrected chi connectivity index (χ0v) is 21.9. The van der Waals surface area contributed by atoms with Crippen LogP contribution in [0.5, 0.6) is 0 Å². The molecule has 2 aliphatic heterocycles. The number of ether oxygens (including phenoxy) is 1. The Bertz CT molecular complexity index is 1640. The van der Waals surface area contributed by atoms with Gasteiger partial charge in [0.1, 0.15) is 12.2 Å². The first-order valence-electron chi connectivity index (χ1n) is 12.0. The molecule has 0 radical (unpaired) electrons. The fourth-order valence-electron chi connectivity index (χ4n) is 5.39. The monoisotopic (exact) mass is 537 g/mol. The molecular weight excluding hydrogens is 513 g/mol. The van der Waals surface area contributed by atoms with Crippen molar-refractivity contribution in [1.29, 1.82) is 0 Å². The van der Waals surface area contributed by atoms with Gasteiger partial charge in [-0.05, 0) is 42.7 Å². The van der Waals surface area contributed by atoms with Gasteiger partial charge in [-0.3, -0.25) is 9.59 Å². The van der Waals surface area contributed by atoms with Crippen molar-refractivity contribution in [2.45, 2.75) is 52.0 Å². The predicted molar refractivity (Wildman–Crippen MR) is 135 cm³/mol. The number of rotatable bonds is 3. The molecule has 0 bridgehead atoms. The zero-order chi connectivity index (χ0) is 25.2. The molecule has 4 aromatic rings. The van der Waals surface area contributed by atoms with Gasteiger partial charge in [-0.2, -0.15) is 0 Å². The Morgan fingerprint density at radius 1 is 1.16 bits per heavy atom. The Kier molecular flexibility index (Phi) is 6.34. The van der Waals surface area contributed by atoms with Crippen LogP contribution in [0.25, 0.3) is 22.3 Å². The van der Waals surface area contributed by atoms with Crippen LogP contribution in [0.4, 0.5) is 0 Å². The van der Waals surface area contributed by atoms with E-state index in [9.17, 15) is 14.7 Å². The third kappa shape index (κ3) is 4.02. The molecule has 9 heteroatoms. The van der Waals surface area contributed by atoms with Gasteiger partial charge in [-0.1, -0.05) is 24.6 Å². The average molecular weight is 538 g/mol. The van der Waals surface area contributed by atoms with E-state index in [0.29, 0.717) is 40.6 Å². The Labute approximate surface area is 224 Å². The fourth-order valence-corrected chi connectivity index (χ4v) is 5.55. The standard InChI is InChI=1S/C28H25ClN3O4.ClH/c1-3-28(35)12-25(33)36-15-20-21(28)10-24-26-19(14-32(24)27(20)34)18(13-31-7-5-4-6-8-31)17-9-16(2)22(29)11-23(17)30-26;/h4-11,35H,3,12-15H2,1-2H3;1H/q+1;/p-1. The van der Waals surface area contributed by atoms with E-state index in [4.69, 9.17) is 21.3 Å². The van der Waals surface area contributed by atoms with Crippen LogP contribution in [-0.2, 0) is 34.8 Å². The molecule has 0 amide bonds. The summed E-state index contributed by atoms with van der Waals surface area (Å²) in [6.45, 7) is 4.57. The second kappa shape index (κ2) is 9.24. The fraction of sp³-hybridized carbons (Fsp3) is 0.286. The van der Waals surface area contributed by atoms with Crippen molar-refractivity contribution in [3.8, 4) is 11.4 Å². The van der Waals surface area contributed by atoms with Crippen LogP contribution in [0, 0.1) is 6.92 Å². The van der Waals surface area contributed by atoms with Crippen LogP contribution < -0.4 is 22.5 Å². The molecule has 37 heavy (non-hydrogen) atoms. The number of nitrogens with zero attached hydrogens (tertiary/aromatic N) is 3. The lowest BCUT2D eigenvalue weighted by Crippen LogP contribution is -3.00. The Morgan fingerprint density at radius 2 is 1.92 bits per heavy atom. The number of carbonyl (C=O) groups is 1. The summed E-state index contributed by atoms with van der Waals surface area (Å²) in [5.41, 5.74) is 4.11. The van der Waals surface area contributed by atoms with Crippen molar-refractivity contribution in [1.82, 2.24) is 9.55 Å². The summed E-state index contributed by atoms with van der Waals surface area (Å²) >= 11 is 6.48. The SMILES string of the molecule is CCC1(O)CC(=O)OCc2c1cc1n(c2=O)Cc2c-1nc1cc(Cl)c(C)cc1c2C[n+]1ccccc1.[Cl-]. The topological polar surface area (TPSA) is 85.3 Å². The highest BCUT2D eigenvalue weighted by molar-refractivity contribution is 6.32. The number of aromatic nitrogens is 3. The van der Waals surface area contributed by atoms with Crippen molar-refractivity contribution in [2.75, 3.05) is 0 Å². The highest BCUT2D eigenvalue weighted by atomic mass is 35.5. The van der Waals surface area contributed by atoms with Crippen LogP contribution in [0.3, 0.4) is 0 Å². The molecule has 6 rings (SSSR count). The number of carbonyl (C=O) groups excluding carboxylic acids is 1. The van der Waals surface area contributed by atoms with Crippen molar-refractivity contribution in [2.24, 2.45) is 0 Å². The normalized spacial score (nSPS) is 17.9. The van der Waals surface area contributed by atoms with Crippen LogP contribution in [0.2, 0.25) is 5.02 Å². The van der Waals surface area contributed by atoms with E-state index in [2.05, 4.69) is 10.6 Å². The van der Waals surface area contributed by atoms with Gasteiger partial charge < -0.3 is 26.8 Å². The molecule has 0 saturated carbocycles. The number of esters is 1. The number of halogens is 2. The van der Waals surface area contributed by atoms with Gasteiger partial charge in [0.25, 0.3) is 5.56 Å². The van der Waals surface area contributed by atoms with Gasteiger partial charge in [0.15, 0.2) is 18.9 Å². The van der Waals surface area contributed by atoms with Crippen LogP contribution >= 0.6 is 11.6 Å². The smallest absolute Gasteiger partial charge is 0.309 e. The second-order valence-electron chi connectivity index (χ2n) is 9.62. The van der Waals surface area contributed by atoms with E-state index in [1.807, 2.05) is 49.6 Å². The second-order valence-corrected chi connectivity index (χ2v) is 10.0. The van der Waals surface area contributed by atoms with Gasteiger partial charge in [0.2, 0.25) is 0 Å². The van der Waals surface area contributed by atoms with Gasteiger partial charge >= 0.3 is 5.97 Å². The zero-order valence-electron chi connectivity index (χ0n) is 20.4. The molecule has 1 N–H and O–H groups in total. The van der Waals surface area contributed by atoms with Gasteiger partial charge in [-0.15, -0.1) is 0 Å². The van der Waals surface area contributed by atoms with Crippen LogP contribution in [0.1, 0.15) is 47.6 Å². The summed E-state index contributed by atoms with van der Waals surface area (Å²) in [4.78, 5) is 30.9. The molecule has 190 valence electrons. The minimum absolute atomic E-state index is 0. The Balaban J connectivity index is 0.00000280. The average Bonchev–Trinajstić information content (AvgIpc) is 3.17. The maximum Gasteiger partial charge on any atom is 0.309 e. The van der Waals surface area contributed by atoms with Crippen molar-refractivity contribution in [3.05, 3.63) is 92.0 Å². The molecule has 1 atom stereocenters. The molecular formula is C28H25Cl2N3O4. The number of benzene rings is 1. The number of aliphatic hydroxyl groups is 1. The maximum absolute atomic E-state index is 13.7. The Morgan fingerprint density at radius 3 is 2.65 bits per heavy atom. The van der Waals surface area contributed by atoms with E-state index < -0.39 is 11.6 Å². The minimum atomic E-state index is -1.47. The van der Waals surface area contributed by atoms with E-state index in [1.54, 1.807) is 11.5 Å². The van der Waals surface area contributed by atoms with E-state index in [1.165, 1.54) is 0 Å². The molecule has 0 saturated heterocycles. The van der Waals surface area contributed by atoms with Gasteiger partial charge in [-0.25, -0.2) is 9.55 Å². The molecule has 2 aliphatic rings. The van der Waals surface area contributed by atoms with E-state index in [0.717, 1.165) is 27.6 Å². The number of hydrogen-bond donors (Lipinski definition) is 1. The first-order valence-corrected chi connectivity index (χ1v) is 12.4. The summed E-state index contributed by atoms with van der Waals surface area (Å²) in [5.74, 6) is -0.517. The maximum atomic E-state index is 13.7. The predicted octanol–water partition coefficient (Wildman–Crippen LogP) is 0.771. The van der Waals surface area contributed by atoms with Crippen molar-refractivity contribution < 1.29 is 31.6 Å². The first-order chi connectivity index (χ1) is 17.3. The first kappa shape index (κ1) is 25.4. The van der Waals surface area contributed by atoms with Gasteiger partial charge in [0, 0.05) is 33.7 Å². The lowest BCUT2D eigenvalue weighted by Gasteiger charge is -2.26. The van der Waals surface area contributed by atoms with Crippen molar-refractivity contribution in [3.63, 3.8) is 0 Å². The summed E-state index contributed by atoms with van der Waals surface area (Å²) in [7, 11) is 0. The quantitative estimate of drug-likeness (QED) is 0.271.